The number of rotatable bonds is 29. The van der Waals surface area contributed by atoms with Gasteiger partial charge in [0, 0.05) is 12.8 Å². The fraction of sp³-hybridized carbons (Fsp3) is 0.643. The lowest BCUT2D eigenvalue weighted by molar-refractivity contribution is -0.0690. The van der Waals surface area contributed by atoms with Crippen LogP contribution in [0.25, 0.3) is 5.52 Å². The SMILES string of the molecule is CCCCCCCCCCCCCCCCCCOC[C@H](COP(=O)(O)OC[C@H]1O[C@@](C#N)(c2ccc3c(N)ccnn23)[C@H](O)[C@@H]1O)OCc1cc(F)ccc1C#N. The number of aliphatic hydroxyl groups is 2. The summed E-state index contributed by atoms with van der Waals surface area (Å²) in [7, 11) is -4.84. The third kappa shape index (κ3) is 14.1. The molecule has 1 aliphatic rings. The summed E-state index contributed by atoms with van der Waals surface area (Å²) in [6.45, 7) is 1.24. The van der Waals surface area contributed by atoms with Gasteiger partial charge in [0.05, 0.1) is 55.0 Å². The number of benzene rings is 1. The lowest BCUT2D eigenvalue weighted by atomic mass is 9.92. The van der Waals surface area contributed by atoms with Gasteiger partial charge in [-0.2, -0.15) is 15.6 Å². The maximum absolute atomic E-state index is 14.0. The number of ether oxygens (including phenoxy) is 3. The van der Waals surface area contributed by atoms with Gasteiger partial charge < -0.3 is 35.1 Å². The Labute approximate surface area is 341 Å². The number of nitrogens with zero attached hydrogens (tertiary/aromatic N) is 4. The number of phosphoric acid groups is 1. The second kappa shape index (κ2) is 24.6. The van der Waals surface area contributed by atoms with Crippen LogP contribution in [-0.4, -0.2) is 75.6 Å². The van der Waals surface area contributed by atoms with E-state index in [-0.39, 0.29) is 30.0 Å². The number of unbranched alkanes of at least 4 members (excludes halogenated alkanes) is 15. The molecule has 3 aromatic rings. The first-order valence-corrected chi connectivity index (χ1v) is 22.2. The molecule has 2 aromatic heterocycles. The van der Waals surface area contributed by atoms with Crippen molar-refractivity contribution in [2.24, 2.45) is 0 Å². The first-order valence-electron chi connectivity index (χ1n) is 20.7. The van der Waals surface area contributed by atoms with E-state index in [1.807, 2.05) is 12.1 Å². The minimum absolute atomic E-state index is 0.0267. The van der Waals surface area contributed by atoms with Crippen molar-refractivity contribution in [2.75, 3.05) is 32.2 Å². The number of nitrogen functional groups attached to an aromatic ring is 1. The van der Waals surface area contributed by atoms with Crippen LogP contribution in [0.15, 0.2) is 42.6 Å². The number of aromatic nitrogens is 2. The number of nitriles is 2. The predicted molar refractivity (Wildman–Crippen MR) is 216 cm³/mol. The van der Waals surface area contributed by atoms with Gasteiger partial charge in [0.1, 0.15) is 36.3 Å². The number of nitrogens with two attached hydrogens (primary N) is 1. The molecule has 0 bridgehead atoms. The molecule has 1 saturated heterocycles. The molecule has 0 spiro atoms. The zero-order chi connectivity index (χ0) is 41.8. The molecular weight excluding hydrogens is 768 g/mol. The van der Waals surface area contributed by atoms with E-state index in [0.717, 1.165) is 19.3 Å². The van der Waals surface area contributed by atoms with Gasteiger partial charge in [-0.3, -0.25) is 9.05 Å². The van der Waals surface area contributed by atoms with E-state index in [1.54, 1.807) is 12.1 Å². The highest BCUT2D eigenvalue weighted by Crippen LogP contribution is 2.46. The molecule has 6 atom stereocenters. The van der Waals surface area contributed by atoms with E-state index in [1.165, 1.54) is 118 Å². The third-order valence-corrected chi connectivity index (χ3v) is 11.5. The van der Waals surface area contributed by atoms with Crippen LogP contribution in [0.4, 0.5) is 10.1 Å². The number of aliphatic hydroxyl groups excluding tert-OH is 2. The Morgan fingerprint density at radius 3 is 2.19 bits per heavy atom. The molecule has 4 rings (SSSR count). The van der Waals surface area contributed by atoms with Crippen LogP contribution in [0.2, 0.25) is 0 Å². The summed E-state index contributed by atoms with van der Waals surface area (Å²) >= 11 is 0. The molecule has 0 aliphatic carbocycles. The van der Waals surface area contributed by atoms with Crippen LogP contribution >= 0.6 is 7.82 Å². The zero-order valence-corrected chi connectivity index (χ0v) is 34.6. The monoisotopic (exact) mass is 829 g/mol. The maximum Gasteiger partial charge on any atom is 0.472 e. The first-order chi connectivity index (χ1) is 28.0. The van der Waals surface area contributed by atoms with E-state index >= 15 is 0 Å². The molecule has 1 fully saturated rings. The minimum atomic E-state index is -4.84. The van der Waals surface area contributed by atoms with Crippen molar-refractivity contribution in [3.8, 4) is 12.1 Å². The number of phosphoric ester groups is 1. The van der Waals surface area contributed by atoms with Crippen LogP contribution in [0.5, 0.6) is 0 Å². The van der Waals surface area contributed by atoms with Gasteiger partial charge in [-0.05, 0) is 48.4 Å². The largest absolute Gasteiger partial charge is 0.472 e. The van der Waals surface area contributed by atoms with Crippen molar-refractivity contribution in [1.29, 1.82) is 10.5 Å². The van der Waals surface area contributed by atoms with Crippen molar-refractivity contribution < 1.29 is 47.3 Å². The summed E-state index contributed by atoms with van der Waals surface area (Å²) in [4.78, 5) is 10.6. The second-order valence-electron chi connectivity index (χ2n) is 15.0. The Balaban J connectivity index is 1.20. The van der Waals surface area contributed by atoms with E-state index in [2.05, 4.69) is 12.0 Å². The van der Waals surface area contributed by atoms with Crippen molar-refractivity contribution in [3.05, 3.63) is 65.2 Å². The highest BCUT2D eigenvalue weighted by atomic mass is 31.2. The molecule has 16 heteroatoms. The van der Waals surface area contributed by atoms with E-state index < -0.39 is 56.9 Å². The van der Waals surface area contributed by atoms with Gasteiger partial charge in [0.15, 0.2) is 0 Å². The molecule has 1 aromatic carbocycles. The summed E-state index contributed by atoms with van der Waals surface area (Å²) in [5, 5.41) is 45.6. The van der Waals surface area contributed by atoms with Gasteiger partial charge in [-0.25, -0.2) is 13.5 Å². The molecule has 1 unspecified atom stereocenters. The highest BCUT2D eigenvalue weighted by Gasteiger charge is 2.58. The molecule has 1 aliphatic heterocycles. The Kier molecular flexibility index (Phi) is 20.0. The Hall–Kier alpha value is -3.47. The fourth-order valence-corrected chi connectivity index (χ4v) is 7.89. The van der Waals surface area contributed by atoms with Crippen molar-refractivity contribution in [1.82, 2.24) is 9.61 Å². The number of hydrogen-bond donors (Lipinski definition) is 4. The van der Waals surface area contributed by atoms with Gasteiger partial charge in [0.25, 0.3) is 0 Å². The Morgan fingerprint density at radius 2 is 1.57 bits per heavy atom. The van der Waals surface area contributed by atoms with Gasteiger partial charge >= 0.3 is 7.82 Å². The van der Waals surface area contributed by atoms with Crippen molar-refractivity contribution >= 4 is 19.0 Å². The van der Waals surface area contributed by atoms with Crippen LogP contribution < -0.4 is 5.73 Å². The Bertz CT molecular complexity index is 1820. The van der Waals surface area contributed by atoms with E-state index in [0.29, 0.717) is 17.8 Å². The van der Waals surface area contributed by atoms with Gasteiger partial charge in [-0.1, -0.05) is 103 Å². The number of halogens is 1. The average Bonchev–Trinajstić information content (AvgIpc) is 3.76. The summed E-state index contributed by atoms with van der Waals surface area (Å²) < 4.78 is 56.3. The van der Waals surface area contributed by atoms with Crippen LogP contribution in [0.3, 0.4) is 0 Å². The van der Waals surface area contributed by atoms with Crippen molar-refractivity contribution in [2.45, 2.75) is 146 Å². The molecular formula is C42H61FN5O9P. The average molecular weight is 830 g/mol. The molecule has 5 N–H and O–H groups in total. The highest BCUT2D eigenvalue weighted by molar-refractivity contribution is 7.47. The van der Waals surface area contributed by atoms with Gasteiger partial charge in [0.2, 0.25) is 5.60 Å². The minimum Gasteiger partial charge on any atom is -0.397 e. The number of hydrogen-bond acceptors (Lipinski definition) is 12. The predicted octanol–water partition coefficient (Wildman–Crippen LogP) is 7.76. The molecule has 14 nitrogen and oxygen atoms in total. The topological polar surface area (TPSA) is 215 Å². The summed E-state index contributed by atoms with van der Waals surface area (Å²) in [6.07, 6.45) is 15.6. The molecule has 0 amide bonds. The van der Waals surface area contributed by atoms with Gasteiger partial charge in [-0.15, -0.1) is 0 Å². The molecule has 3 heterocycles. The molecule has 58 heavy (non-hydrogen) atoms. The lowest BCUT2D eigenvalue weighted by Gasteiger charge is -2.24. The van der Waals surface area contributed by atoms with Crippen LogP contribution in [0, 0.1) is 28.5 Å². The van der Waals surface area contributed by atoms with E-state index in [9.17, 15) is 34.6 Å². The molecule has 0 saturated carbocycles. The fourth-order valence-electron chi connectivity index (χ4n) is 7.13. The normalized spacial score (nSPS) is 20.8. The lowest BCUT2D eigenvalue weighted by Crippen LogP contribution is -2.41. The van der Waals surface area contributed by atoms with Crippen LogP contribution in [-0.2, 0) is 40.0 Å². The maximum atomic E-state index is 14.0. The summed E-state index contributed by atoms with van der Waals surface area (Å²) in [6, 6.07) is 12.2. The standard InChI is InChI=1S/C42H61FN5O9P/c1-2-3-4-5-6-7-8-9-10-11-12-13-14-15-16-17-24-53-28-35(54-27-33-25-34(43)19-18-32(33)26-44)29-55-58(51,52)56-30-38-40(49)41(50)42(31-45,57-38)39-21-20-37-36(46)22-23-47-48(37)39/h18-23,25,35,38,40-41,49-50H,2-17,24,27-30,46H2,1H3,(H,51,52)/t35-,38-,40-,41-,42+/m1/s1. The third-order valence-electron chi connectivity index (χ3n) is 10.5. The number of anilines is 1. The summed E-state index contributed by atoms with van der Waals surface area (Å²) in [5.41, 5.74) is 5.29. The second-order valence-corrected chi connectivity index (χ2v) is 16.5. The molecule has 320 valence electrons. The zero-order valence-electron chi connectivity index (χ0n) is 33.7. The number of fused-ring (bicyclic) bond motifs is 1. The summed E-state index contributed by atoms with van der Waals surface area (Å²) in [5.74, 6) is -0.550. The van der Waals surface area contributed by atoms with Crippen molar-refractivity contribution in [3.63, 3.8) is 0 Å². The Morgan fingerprint density at radius 1 is 0.931 bits per heavy atom. The van der Waals surface area contributed by atoms with Crippen LogP contribution in [0.1, 0.15) is 126 Å². The first kappa shape index (κ1) is 47.2. The van der Waals surface area contributed by atoms with E-state index in [4.69, 9.17) is 29.0 Å². The quantitative estimate of drug-likeness (QED) is 0.0389. The smallest absolute Gasteiger partial charge is 0.397 e. The molecule has 0 radical (unpaired) electrons.